The fourth-order valence-electron chi connectivity index (χ4n) is 2.09. The van der Waals surface area contributed by atoms with Gasteiger partial charge in [0.25, 0.3) is 0 Å². The standard InChI is InChI=1S/C19H14O5S/c20-15-9-7-12(10-16(15)21)6-8-13-11-17(22)18(19(23)24-13)25-14-4-2-1-3-5-14/h1-11,20-22H. The maximum Gasteiger partial charge on any atom is 0.354 e. The van der Waals surface area contributed by atoms with E-state index in [1.165, 1.54) is 24.3 Å². The van der Waals surface area contributed by atoms with E-state index < -0.39 is 5.63 Å². The third-order valence-corrected chi connectivity index (χ3v) is 4.40. The normalized spacial score (nSPS) is 11.0. The van der Waals surface area contributed by atoms with E-state index in [4.69, 9.17) is 4.42 Å². The minimum atomic E-state index is -0.637. The van der Waals surface area contributed by atoms with Crippen molar-refractivity contribution in [2.45, 2.75) is 9.79 Å². The molecule has 0 aliphatic rings. The third kappa shape index (κ3) is 4.05. The first-order chi connectivity index (χ1) is 12.0. The highest BCUT2D eigenvalue weighted by Gasteiger charge is 2.12. The molecule has 25 heavy (non-hydrogen) atoms. The molecule has 3 N–H and O–H groups in total. The Morgan fingerprint density at radius 2 is 1.60 bits per heavy atom. The second kappa shape index (κ2) is 7.19. The highest BCUT2D eigenvalue weighted by Crippen LogP contribution is 2.32. The Hall–Kier alpha value is -3.12. The summed E-state index contributed by atoms with van der Waals surface area (Å²) >= 11 is 1.13. The lowest BCUT2D eigenvalue weighted by Gasteiger charge is -2.04. The molecule has 6 heteroatoms. The fraction of sp³-hybridized carbons (Fsp3) is 0. The van der Waals surface area contributed by atoms with Crippen LogP contribution in [0.15, 0.2) is 73.6 Å². The van der Waals surface area contributed by atoms with Crippen LogP contribution < -0.4 is 5.63 Å². The van der Waals surface area contributed by atoms with Crippen molar-refractivity contribution in [1.29, 1.82) is 0 Å². The van der Waals surface area contributed by atoms with E-state index in [2.05, 4.69) is 0 Å². The average Bonchev–Trinajstić information content (AvgIpc) is 2.60. The molecule has 0 atom stereocenters. The Labute approximate surface area is 147 Å². The second-order valence-corrected chi connectivity index (χ2v) is 6.23. The van der Waals surface area contributed by atoms with Crippen LogP contribution in [0.5, 0.6) is 17.2 Å². The Morgan fingerprint density at radius 1 is 0.840 bits per heavy atom. The molecule has 126 valence electrons. The molecule has 0 aliphatic carbocycles. The zero-order valence-electron chi connectivity index (χ0n) is 12.9. The molecule has 0 aliphatic heterocycles. The molecule has 1 aromatic heterocycles. The molecular weight excluding hydrogens is 340 g/mol. The van der Waals surface area contributed by atoms with E-state index in [-0.39, 0.29) is 27.9 Å². The molecule has 0 bridgehead atoms. The topological polar surface area (TPSA) is 90.9 Å². The Balaban J connectivity index is 1.85. The Morgan fingerprint density at radius 3 is 2.28 bits per heavy atom. The largest absolute Gasteiger partial charge is 0.506 e. The monoisotopic (exact) mass is 354 g/mol. The van der Waals surface area contributed by atoms with Crippen molar-refractivity contribution >= 4 is 23.9 Å². The lowest BCUT2D eigenvalue weighted by Crippen LogP contribution is -2.02. The molecule has 0 fully saturated rings. The number of hydrogen-bond acceptors (Lipinski definition) is 6. The molecule has 1 heterocycles. The van der Waals surface area contributed by atoms with Crippen molar-refractivity contribution in [2.24, 2.45) is 0 Å². The molecule has 0 unspecified atom stereocenters. The molecule has 0 saturated heterocycles. The summed E-state index contributed by atoms with van der Waals surface area (Å²) in [5, 5.41) is 28.9. The molecule has 5 nitrogen and oxygen atoms in total. The van der Waals surface area contributed by atoms with E-state index in [1.807, 2.05) is 30.3 Å². The highest BCUT2D eigenvalue weighted by molar-refractivity contribution is 7.99. The van der Waals surface area contributed by atoms with Crippen LogP contribution in [0.3, 0.4) is 0 Å². The molecule has 2 aromatic carbocycles. The molecule has 3 rings (SSSR count). The number of phenolic OH excluding ortho intramolecular Hbond substituents is 2. The van der Waals surface area contributed by atoms with Crippen LogP contribution in [0.2, 0.25) is 0 Å². The Bertz CT molecular complexity index is 977. The summed E-state index contributed by atoms with van der Waals surface area (Å²) in [7, 11) is 0. The first kappa shape index (κ1) is 16.7. The predicted molar refractivity (Wildman–Crippen MR) is 95.9 cm³/mol. The van der Waals surface area contributed by atoms with Gasteiger partial charge in [-0.15, -0.1) is 0 Å². The van der Waals surface area contributed by atoms with Gasteiger partial charge in [0, 0.05) is 11.0 Å². The van der Waals surface area contributed by atoms with Crippen molar-refractivity contribution < 1.29 is 19.7 Å². The quantitative estimate of drug-likeness (QED) is 0.612. The van der Waals surface area contributed by atoms with Gasteiger partial charge in [0.2, 0.25) is 0 Å². The summed E-state index contributed by atoms with van der Waals surface area (Å²) in [4.78, 5) is 13.1. The van der Waals surface area contributed by atoms with Gasteiger partial charge >= 0.3 is 5.63 Å². The maximum absolute atomic E-state index is 12.1. The second-order valence-electron chi connectivity index (χ2n) is 5.15. The van der Waals surface area contributed by atoms with Crippen LogP contribution in [0.25, 0.3) is 12.2 Å². The Kier molecular flexibility index (Phi) is 4.81. The van der Waals surface area contributed by atoms with Gasteiger partial charge in [-0.05, 0) is 35.9 Å². The van der Waals surface area contributed by atoms with E-state index >= 15 is 0 Å². The van der Waals surface area contributed by atoms with Crippen molar-refractivity contribution in [1.82, 2.24) is 0 Å². The smallest absolute Gasteiger partial charge is 0.354 e. The van der Waals surface area contributed by atoms with E-state index in [1.54, 1.807) is 12.1 Å². The minimum Gasteiger partial charge on any atom is -0.506 e. The van der Waals surface area contributed by atoms with Gasteiger partial charge in [0.15, 0.2) is 11.5 Å². The first-order valence-electron chi connectivity index (χ1n) is 7.33. The number of hydrogen-bond donors (Lipinski definition) is 3. The van der Waals surface area contributed by atoms with Gasteiger partial charge in [-0.25, -0.2) is 4.79 Å². The minimum absolute atomic E-state index is 0.116. The van der Waals surface area contributed by atoms with Gasteiger partial charge < -0.3 is 19.7 Å². The highest BCUT2D eigenvalue weighted by atomic mass is 32.2. The summed E-state index contributed by atoms with van der Waals surface area (Å²) in [6.07, 6.45) is 3.07. The molecule has 0 spiro atoms. The lowest BCUT2D eigenvalue weighted by atomic mass is 10.2. The predicted octanol–water partition coefficient (Wildman–Crippen LogP) is 4.08. The number of benzene rings is 2. The molecule has 0 saturated carbocycles. The van der Waals surface area contributed by atoms with E-state index in [0.717, 1.165) is 16.7 Å². The van der Waals surface area contributed by atoms with Crippen LogP contribution in [-0.4, -0.2) is 15.3 Å². The van der Waals surface area contributed by atoms with Crippen molar-refractivity contribution in [3.8, 4) is 17.2 Å². The van der Waals surface area contributed by atoms with Gasteiger partial charge in [-0.2, -0.15) is 0 Å². The molecule has 3 aromatic rings. The van der Waals surface area contributed by atoms with Crippen LogP contribution in [0.4, 0.5) is 0 Å². The summed E-state index contributed by atoms with van der Waals surface area (Å²) in [5.74, 6) is -0.463. The molecule has 0 amide bonds. The van der Waals surface area contributed by atoms with Crippen molar-refractivity contribution in [2.75, 3.05) is 0 Å². The maximum atomic E-state index is 12.1. The first-order valence-corrected chi connectivity index (χ1v) is 8.14. The van der Waals surface area contributed by atoms with Crippen LogP contribution in [-0.2, 0) is 0 Å². The number of phenols is 2. The fourth-order valence-corrected chi connectivity index (χ4v) is 2.91. The summed E-state index contributed by atoms with van der Waals surface area (Å²) in [6.45, 7) is 0. The zero-order chi connectivity index (χ0) is 17.8. The number of aromatic hydroxyl groups is 3. The van der Waals surface area contributed by atoms with E-state index in [0.29, 0.717) is 5.56 Å². The zero-order valence-corrected chi connectivity index (χ0v) is 13.7. The van der Waals surface area contributed by atoms with Crippen molar-refractivity contribution in [3.05, 3.63) is 76.3 Å². The van der Waals surface area contributed by atoms with E-state index in [9.17, 15) is 20.1 Å². The summed E-state index contributed by atoms with van der Waals surface area (Å²) in [6, 6.07) is 14.8. The number of rotatable bonds is 4. The SMILES string of the molecule is O=c1oc(C=Cc2ccc(O)c(O)c2)cc(O)c1Sc1ccccc1. The van der Waals surface area contributed by atoms with Crippen molar-refractivity contribution in [3.63, 3.8) is 0 Å². The third-order valence-electron chi connectivity index (χ3n) is 3.31. The molecular formula is C19H14O5S. The van der Waals surface area contributed by atoms with Crippen LogP contribution >= 0.6 is 11.8 Å². The summed E-state index contributed by atoms with van der Waals surface area (Å²) in [5.41, 5.74) is -0.0396. The molecule has 0 radical (unpaired) electrons. The van der Waals surface area contributed by atoms with Crippen LogP contribution in [0, 0.1) is 0 Å². The van der Waals surface area contributed by atoms with Gasteiger partial charge in [-0.3, -0.25) is 0 Å². The van der Waals surface area contributed by atoms with Crippen LogP contribution in [0.1, 0.15) is 11.3 Å². The lowest BCUT2D eigenvalue weighted by molar-refractivity contribution is 0.403. The summed E-state index contributed by atoms with van der Waals surface area (Å²) < 4.78 is 5.20. The average molecular weight is 354 g/mol. The van der Waals surface area contributed by atoms with Gasteiger partial charge in [0.1, 0.15) is 16.4 Å². The van der Waals surface area contributed by atoms with Gasteiger partial charge in [0.05, 0.1) is 0 Å². The van der Waals surface area contributed by atoms with Gasteiger partial charge in [-0.1, -0.05) is 42.1 Å².